The second kappa shape index (κ2) is 7.53. The molecule has 0 spiro atoms. The van der Waals surface area contributed by atoms with E-state index in [0.29, 0.717) is 6.54 Å². The van der Waals surface area contributed by atoms with Gasteiger partial charge in [0, 0.05) is 18.0 Å². The van der Waals surface area contributed by atoms with Gasteiger partial charge in [-0.05, 0) is 45.1 Å². The summed E-state index contributed by atoms with van der Waals surface area (Å²) in [4.78, 5) is 16.5. The minimum atomic E-state index is -0.807. The van der Waals surface area contributed by atoms with Crippen LogP contribution in [0.1, 0.15) is 11.6 Å². The average molecular weight is 282 g/mol. The largest absolute Gasteiger partial charge is 0.480 e. The SMILES string of the molecule is CSc1ccc(C(C(=O)O)N(C)CCN(C)C)cc1. The van der Waals surface area contributed by atoms with Gasteiger partial charge in [0.2, 0.25) is 0 Å². The van der Waals surface area contributed by atoms with E-state index in [2.05, 4.69) is 0 Å². The van der Waals surface area contributed by atoms with Crippen LogP contribution in [-0.2, 0) is 4.79 Å². The third-order valence-corrected chi connectivity index (χ3v) is 3.75. The average Bonchev–Trinajstić information content (AvgIpc) is 2.37. The van der Waals surface area contributed by atoms with Crippen LogP contribution in [0.2, 0.25) is 0 Å². The maximum atomic E-state index is 11.5. The fraction of sp³-hybridized carbons (Fsp3) is 0.500. The summed E-state index contributed by atoms with van der Waals surface area (Å²) in [6.45, 7) is 1.55. The van der Waals surface area contributed by atoms with E-state index < -0.39 is 12.0 Å². The molecule has 1 unspecified atom stereocenters. The Bertz CT molecular complexity index is 406. The van der Waals surface area contributed by atoms with E-state index in [4.69, 9.17) is 0 Å². The number of carboxylic acids is 1. The summed E-state index contributed by atoms with van der Waals surface area (Å²) >= 11 is 1.65. The number of aliphatic carboxylic acids is 1. The predicted molar refractivity (Wildman–Crippen MR) is 79.8 cm³/mol. The first-order chi connectivity index (χ1) is 8.95. The van der Waals surface area contributed by atoms with E-state index in [1.54, 1.807) is 11.8 Å². The molecule has 1 atom stereocenters. The van der Waals surface area contributed by atoms with Gasteiger partial charge >= 0.3 is 5.97 Å². The Morgan fingerprint density at radius 1 is 1.21 bits per heavy atom. The highest BCUT2D eigenvalue weighted by atomic mass is 32.2. The zero-order chi connectivity index (χ0) is 14.4. The number of thioether (sulfide) groups is 1. The lowest BCUT2D eigenvalue weighted by molar-refractivity contribution is -0.143. The van der Waals surface area contributed by atoms with Gasteiger partial charge in [0.05, 0.1) is 0 Å². The number of benzene rings is 1. The van der Waals surface area contributed by atoms with Gasteiger partial charge in [0.1, 0.15) is 6.04 Å². The van der Waals surface area contributed by atoms with Crippen LogP contribution in [0.3, 0.4) is 0 Å². The molecular weight excluding hydrogens is 260 g/mol. The molecule has 1 aromatic carbocycles. The van der Waals surface area contributed by atoms with E-state index in [-0.39, 0.29) is 0 Å². The Morgan fingerprint density at radius 2 is 1.79 bits per heavy atom. The molecule has 4 nitrogen and oxygen atoms in total. The van der Waals surface area contributed by atoms with E-state index >= 15 is 0 Å². The molecule has 1 aromatic rings. The molecule has 1 N–H and O–H groups in total. The van der Waals surface area contributed by atoms with Gasteiger partial charge in [-0.1, -0.05) is 12.1 Å². The molecule has 1 rings (SSSR count). The summed E-state index contributed by atoms with van der Waals surface area (Å²) in [6, 6.07) is 7.15. The maximum absolute atomic E-state index is 11.5. The number of likely N-dealkylation sites (N-methyl/N-ethyl adjacent to an activating group) is 2. The molecule has 0 aliphatic rings. The smallest absolute Gasteiger partial charge is 0.325 e. The van der Waals surface area contributed by atoms with E-state index in [1.165, 1.54) is 0 Å². The number of nitrogens with zero attached hydrogens (tertiary/aromatic N) is 2. The van der Waals surface area contributed by atoms with Gasteiger partial charge in [-0.3, -0.25) is 9.69 Å². The first-order valence-corrected chi connectivity index (χ1v) is 7.40. The summed E-state index contributed by atoms with van der Waals surface area (Å²) in [5, 5.41) is 9.43. The Kier molecular flexibility index (Phi) is 6.34. The molecule has 0 fully saturated rings. The molecule has 0 aliphatic carbocycles. The maximum Gasteiger partial charge on any atom is 0.325 e. The molecule has 19 heavy (non-hydrogen) atoms. The number of rotatable bonds is 7. The molecule has 5 heteroatoms. The zero-order valence-corrected chi connectivity index (χ0v) is 12.8. The normalized spacial score (nSPS) is 12.9. The monoisotopic (exact) mass is 282 g/mol. The highest BCUT2D eigenvalue weighted by molar-refractivity contribution is 7.98. The van der Waals surface area contributed by atoms with Crippen molar-refractivity contribution in [2.24, 2.45) is 0 Å². The van der Waals surface area contributed by atoms with Crippen molar-refractivity contribution >= 4 is 17.7 Å². The quantitative estimate of drug-likeness (QED) is 0.775. The Balaban J connectivity index is 2.83. The second-order valence-corrected chi connectivity index (χ2v) is 5.68. The lowest BCUT2D eigenvalue weighted by Gasteiger charge is -2.26. The van der Waals surface area contributed by atoms with Crippen LogP contribution in [-0.4, -0.2) is 61.4 Å². The molecule has 0 saturated carbocycles. The van der Waals surface area contributed by atoms with Gasteiger partial charge in [-0.15, -0.1) is 11.8 Å². The van der Waals surface area contributed by atoms with Gasteiger partial charge in [0.15, 0.2) is 0 Å². The van der Waals surface area contributed by atoms with Crippen LogP contribution in [0.25, 0.3) is 0 Å². The molecule has 0 radical (unpaired) electrons. The van der Waals surface area contributed by atoms with Crippen LogP contribution in [0.4, 0.5) is 0 Å². The number of hydrogen-bond donors (Lipinski definition) is 1. The second-order valence-electron chi connectivity index (χ2n) is 4.80. The van der Waals surface area contributed by atoms with Gasteiger partial charge in [-0.2, -0.15) is 0 Å². The van der Waals surface area contributed by atoms with Crippen LogP contribution in [0.15, 0.2) is 29.2 Å². The van der Waals surface area contributed by atoms with Gasteiger partial charge in [0.25, 0.3) is 0 Å². The van der Waals surface area contributed by atoms with Crippen molar-refractivity contribution in [3.05, 3.63) is 29.8 Å². The summed E-state index contributed by atoms with van der Waals surface area (Å²) in [5.74, 6) is -0.807. The van der Waals surface area contributed by atoms with E-state index in [1.807, 2.05) is 61.5 Å². The highest BCUT2D eigenvalue weighted by Gasteiger charge is 2.24. The van der Waals surface area contributed by atoms with Crippen LogP contribution in [0.5, 0.6) is 0 Å². The Morgan fingerprint density at radius 3 is 2.21 bits per heavy atom. The number of hydrogen-bond acceptors (Lipinski definition) is 4. The van der Waals surface area contributed by atoms with Crippen molar-refractivity contribution in [1.29, 1.82) is 0 Å². The van der Waals surface area contributed by atoms with Crippen molar-refractivity contribution in [3.8, 4) is 0 Å². The van der Waals surface area contributed by atoms with Crippen LogP contribution in [0, 0.1) is 0 Å². The zero-order valence-electron chi connectivity index (χ0n) is 12.0. The van der Waals surface area contributed by atoms with E-state index in [0.717, 1.165) is 17.0 Å². The summed E-state index contributed by atoms with van der Waals surface area (Å²) < 4.78 is 0. The van der Waals surface area contributed by atoms with Crippen molar-refractivity contribution in [2.75, 3.05) is 40.5 Å². The lowest BCUT2D eigenvalue weighted by atomic mass is 10.1. The highest BCUT2D eigenvalue weighted by Crippen LogP contribution is 2.23. The Labute approximate surface area is 119 Å². The minimum Gasteiger partial charge on any atom is -0.480 e. The van der Waals surface area contributed by atoms with Gasteiger partial charge in [-0.25, -0.2) is 0 Å². The molecule has 0 amide bonds. The summed E-state index contributed by atoms with van der Waals surface area (Å²) in [7, 11) is 5.82. The molecule has 106 valence electrons. The third kappa shape index (κ3) is 4.86. The standard InChI is InChI=1S/C14H22N2O2S/c1-15(2)9-10-16(3)13(14(17)18)11-5-7-12(19-4)8-6-11/h5-8,13H,9-10H2,1-4H3,(H,17,18). The third-order valence-electron chi connectivity index (χ3n) is 3.01. The summed E-state index contributed by atoms with van der Waals surface area (Å²) in [6.07, 6.45) is 2.01. The lowest BCUT2D eigenvalue weighted by Crippen LogP contribution is -2.35. The first-order valence-electron chi connectivity index (χ1n) is 6.17. The topological polar surface area (TPSA) is 43.8 Å². The van der Waals surface area contributed by atoms with Crippen LogP contribution >= 0.6 is 11.8 Å². The van der Waals surface area contributed by atoms with Gasteiger partial charge < -0.3 is 10.0 Å². The molecular formula is C14H22N2O2S. The minimum absolute atomic E-state index is 0.587. The fourth-order valence-corrected chi connectivity index (χ4v) is 2.27. The fourth-order valence-electron chi connectivity index (χ4n) is 1.86. The first kappa shape index (κ1) is 16.0. The van der Waals surface area contributed by atoms with Crippen molar-refractivity contribution in [2.45, 2.75) is 10.9 Å². The van der Waals surface area contributed by atoms with Crippen molar-refractivity contribution < 1.29 is 9.90 Å². The molecule has 0 bridgehead atoms. The predicted octanol–water partition coefficient (Wildman–Crippen LogP) is 2.03. The van der Waals surface area contributed by atoms with Crippen LogP contribution < -0.4 is 0 Å². The molecule has 0 saturated heterocycles. The number of carboxylic acid groups (broad SMARTS) is 1. The van der Waals surface area contributed by atoms with Crippen molar-refractivity contribution in [3.63, 3.8) is 0 Å². The summed E-state index contributed by atoms with van der Waals surface area (Å²) in [5.41, 5.74) is 0.826. The molecule has 0 heterocycles. The number of carbonyl (C=O) groups is 1. The molecule has 0 aliphatic heterocycles. The van der Waals surface area contributed by atoms with Crippen molar-refractivity contribution in [1.82, 2.24) is 9.80 Å². The molecule has 0 aromatic heterocycles. The Hall–Kier alpha value is -1.04. The van der Waals surface area contributed by atoms with E-state index in [9.17, 15) is 9.90 Å².